The molecule has 0 saturated carbocycles. The molecule has 2 amide bonds. The maximum absolute atomic E-state index is 12.1. The lowest BCUT2D eigenvalue weighted by Gasteiger charge is -2.26. The second kappa shape index (κ2) is 6.90. The Hall–Kier alpha value is -1.34. The number of hydrogen-bond donors (Lipinski definition) is 3. The van der Waals surface area contributed by atoms with Gasteiger partial charge in [0, 0.05) is 38.6 Å². The second-order valence-electron chi connectivity index (χ2n) is 5.51. The van der Waals surface area contributed by atoms with E-state index in [0.717, 1.165) is 39.0 Å². The van der Waals surface area contributed by atoms with E-state index in [1.54, 1.807) is 0 Å². The van der Waals surface area contributed by atoms with E-state index in [0.29, 0.717) is 6.04 Å². The highest BCUT2D eigenvalue weighted by Gasteiger charge is 2.30. The Morgan fingerprint density at radius 3 is 2.75 bits per heavy atom. The Kier molecular flexibility index (Phi) is 5.19. The summed E-state index contributed by atoms with van der Waals surface area (Å²) in [6, 6.07) is 0.309. The van der Waals surface area contributed by atoms with Crippen LogP contribution in [0.4, 0.5) is 4.79 Å². The summed E-state index contributed by atoms with van der Waals surface area (Å²) in [4.78, 5) is 26.8. The molecule has 2 aliphatic rings. The van der Waals surface area contributed by atoms with Crippen LogP contribution in [0.15, 0.2) is 0 Å². The topological polar surface area (TPSA) is 93.1 Å². The summed E-state index contributed by atoms with van der Waals surface area (Å²) in [5, 5.41) is 20.4. The number of carbonyl (C=O) groups is 2. The highest BCUT2D eigenvalue weighted by Crippen LogP contribution is 2.21. The largest absolute Gasteiger partial charge is 0.479 e. The highest BCUT2D eigenvalue weighted by atomic mass is 16.4. The number of aliphatic hydroxyl groups excluding tert-OH is 1. The second-order valence-corrected chi connectivity index (χ2v) is 5.51. The van der Waals surface area contributed by atoms with Crippen molar-refractivity contribution >= 4 is 12.0 Å². The molecule has 1 unspecified atom stereocenters. The quantitative estimate of drug-likeness (QED) is 0.659. The molecule has 3 N–H and O–H groups in total. The molecule has 0 aromatic heterocycles. The third kappa shape index (κ3) is 3.83. The van der Waals surface area contributed by atoms with E-state index in [4.69, 9.17) is 10.2 Å². The smallest absolute Gasteiger partial charge is 0.332 e. The van der Waals surface area contributed by atoms with E-state index in [1.165, 1.54) is 6.42 Å². The van der Waals surface area contributed by atoms with Gasteiger partial charge in [-0.25, -0.2) is 9.59 Å². The van der Waals surface area contributed by atoms with Crippen LogP contribution in [0.5, 0.6) is 0 Å². The highest BCUT2D eigenvalue weighted by molar-refractivity contribution is 5.74. The minimum atomic E-state index is -1.41. The van der Waals surface area contributed by atoms with E-state index < -0.39 is 12.1 Å². The van der Waals surface area contributed by atoms with Crippen molar-refractivity contribution in [1.82, 2.24) is 15.1 Å². The summed E-state index contributed by atoms with van der Waals surface area (Å²) in [5.74, 6) is -1.25. The van der Waals surface area contributed by atoms with Crippen molar-refractivity contribution in [3.8, 4) is 0 Å². The molecule has 20 heavy (non-hydrogen) atoms. The first-order chi connectivity index (χ1) is 9.58. The van der Waals surface area contributed by atoms with Crippen LogP contribution in [0.2, 0.25) is 0 Å². The Bertz CT molecular complexity index is 364. The fourth-order valence-corrected chi connectivity index (χ4v) is 2.94. The normalized spacial score (nSPS) is 24.9. The summed E-state index contributed by atoms with van der Waals surface area (Å²) in [7, 11) is 0. The monoisotopic (exact) mass is 285 g/mol. The number of carboxylic acids is 1. The van der Waals surface area contributed by atoms with Gasteiger partial charge in [-0.2, -0.15) is 0 Å². The summed E-state index contributed by atoms with van der Waals surface area (Å²) in [5.41, 5.74) is 0. The Balaban J connectivity index is 1.75. The molecule has 2 atom stereocenters. The van der Waals surface area contributed by atoms with Gasteiger partial charge in [-0.15, -0.1) is 0 Å². The summed E-state index contributed by atoms with van der Waals surface area (Å²) < 4.78 is 0. The molecule has 0 bridgehead atoms. The average Bonchev–Trinajstić information content (AvgIpc) is 2.75. The van der Waals surface area contributed by atoms with Gasteiger partial charge in [-0.05, 0) is 25.8 Å². The van der Waals surface area contributed by atoms with Gasteiger partial charge in [0.1, 0.15) is 0 Å². The minimum Gasteiger partial charge on any atom is -0.479 e. The Morgan fingerprint density at radius 2 is 2.00 bits per heavy atom. The fourth-order valence-electron chi connectivity index (χ4n) is 2.94. The minimum absolute atomic E-state index is 0.0322. The number of carboxylic acid groups (broad SMARTS) is 1. The standard InChI is InChI=1S/C13H23N3O4/c17-11(12(18)19)4-5-14-13(20)16-8-2-7-15-6-1-3-10(15)9-16/h10-11,17H,1-9H2,(H,14,20)(H,18,19)/t10?,11-/m0/s1. The maximum atomic E-state index is 12.1. The summed E-state index contributed by atoms with van der Waals surface area (Å²) in [6.07, 6.45) is 1.93. The third-order valence-electron chi connectivity index (χ3n) is 4.07. The maximum Gasteiger partial charge on any atom is 0.332 e. The SMILES string of the molecule is O=C(O)[C@@H](O)CCNC(=O)N1CCCN2CCCC2C1. The van der Waals surface area contributed by atoms with Gasteiger partial charge in [0.15, 0.2) is 6.10 Å². The van der Waals surface area contributed by atoms with Crippen LogP contribution in [0.3, 0.4) is 0 Å². The number of fused-ring (bicyclic) bond motifs is 1. The van der Waals surface area contributed by atoms with Crippen LogP contribution in [-0.2, 0) is 4.79 Å². The molecule has 2 heterocycles. The molecule has 2 saturated heterocycles. The predicted octanol–water partition coefficient (Wildman–Crippen LogP) is -0.298. The number of nitrogens with zero attached hydrogens (tertiary/aromatic N) is 2. The molecule has 2 fully saturated rings. The molecular weight excluding hydrogens is 262 g/mol. The van der Waals surface area contributed by atoms with Crippen molar-refractivity contribution in [1.29, 1.82) is 0 Å². The lowest BCUT2D eigenvalue weighted by molar-refractivity contribution is -0.146. The van der Waals surface area contributed by atoms with Crippen LogP contribution in [0.1, 0.15) is 25.7 Å². The van der Waals surface area contributed by atoms with E-state index >= 15 is 0 Å². The van der Waals surface area contributed by atoms with Crippen LogP contribution in [0, 0.1) is 0 Å². The summed E-state index contributed by atoms with van der Waals surface area (Å²) in [6.45, 7) is 3.84. The number of rotatable bonds is 4. The van der Waals surface area contributed by atoms with Gasteiger partial charge >= 0.3 is 12.0 Å². The van der Waals surface area contributed by atoms with Crippen molar-refractivity contribution in [2.75, 3.05) is 32.7 Å². The lowest BCUT2D eigenvalue weighted by Crippen LogP contribution is -2.45. The number of hydrogen-bond acceptors (Lipinski definition) is 4. The van der Waals surface area contributed by atoms with Gasteiger partial charge in [0.2, 0.25) is 0 Å². The number of carbonyl (C=O) groups excluding carboxylic acids is 1. The molecule has 0 aliphatic carbocycles. The van der Waals surface area contributed by atoms with Crippen molar-refractivity contribution < 1.29 is 19.8 Å². The van der Waals surface area contributed by atoms with E-state index in [9.17, 15) is 9.59 Å². The van der Waals surface area contributed by atoms with E-state index in [-0.39, 0.29) is 19.0 Å². The Labute approximate surface area is 118 Å². The van der Waals surface area contributed by atoms with Crippen molar-refractivity contribution in [2.45, 2.75) is 37.8 Å². The van der Waals surface area contributed by atoms with Crippen LogP contribution >= 0.6 is 0 Å². The van der Waals surface area contributed by atoms with Crippen molar-refractivity contribution in [3.05, 3.63) is 0 Å². The molecule has 0 spiro atoms. The lowest BCUT2D eigenvalue weighted by atomic mass is 10.2. The molecule has 114 valence electrons. The number of amides is 2. The first kappa shape index (κ1) is 15.1. The van der Waals surface area contributed by atoms with Crippen LogP contribution < -0.4 is 5.32 Å². The zero-order valence-corrected chi connectivity index (χ0v) is 11.6. The Morgan fingerprint density at radius 1 is 1.25 bits per heavy atom. The van der Waals surface area contributed by atoms with Crippen molar-refractivity contribution in [2.24, 2.45) is 0 Å². The van der Waals surface area contributed by atoms with Gasteiger partial charge in [0.25, 0.3) is 0 Å². The third-order valence-corrected chi connectivity index (χ3v) is 4.07. The van der Waals surface area contributed by atoms with Crippen LogP contribution in [0.25, 0.3) is 0 Å². The molecule has 2 aliphatic heterocycles. The number of aliphatic hydroxyl groups is 1. The predicted molar refractivity (Wildman–Crippen MR) is 72.4 cm³/mol. The molecular formula is C13H23N3O4. The number of aliphatic carboxylic acids is 1. The molecule has 2 rings (SSSR count). The molecule has 0 aromatic rings. The fraction of sp³-hybridized carbons (Fsp3) is 0.846. The van der Waals surface area contributed by atoms with Gasteiger partial charge in [0.05, 0.1) is 0 Å². The molecule has 0 radical (unpaired) electrons. The molecule has 7 nitrogen and oxygen atoms in total. The first-order valence-corrected chi connectivity index (χ1v) is 7.25. The van der Waals surface area contributed by atoms with Crippen LogP contribution in [-0.4, -0.2) is 76.9 Å². The van der Waals surface area contributed by atoms with Gasteiger partial charge < -0.3 is 20.4 Å². The number of nitrogens with one attached hydrogen (secondary N) is 1. The molecule has 7 heteroatoms. The van der Waals surface area contributed by atoms with Gasteiger partial charge in [-0.3, -0.25) is 4.90 Å². The average molecular weight is 285 g/mol. The van der Waals surface area contributed by atoms with E-state index in [2.05, 4.69) is 10.2 Å². The van der Waals surface area contributed by atoms with E-state index in [1.807, 2.05) is 4.90 Å². The van der Waals surface area contributed by atoms with Gasteiger partial charge in [-0.1, -0.05) is 0 Å². The first-order valence-electron chi connectivity index (χ1n) is 7.25. The zero-order chi connectivity index (χ0) is 14.5. The number of urea groups is 1. The molecule has 0 aromatic carbocycles. The zero-order valence-electron chi connectivity index (χ0n) is 11.6. The summed E-state index contributed by atoms with van der Waals surface area (Å²) >= 11 is 0. The van der Waals surface area contributed by atoms with Crippen molar-refractivity contribution in [3.63, 3.8) is 0 Å².